The van der Waals surface area contributed by atoms with Gasteiger partial charge in [-0.05, 0) is 34.5 Å². The molecule has 4 aromatic rings. The number of hydrogen-bond acceptors (Lipinski definition) is 5. The molecule has 1 aliphatic rings. The fraction of sp³-hybridized carbons (Fsp3) is 0.0833. The number of allylic oxidation sites excluding steroid dienone is 1. The van der Waals surface area contributed by atoms with Crippen LogP contribution in [0.4, 0.5) is 0 Å². The first-order valence-corrected chi connectivity index (χ1v) is 9.48. The number of methoxy groups -OCH3 is 1. The highest BCUT2D eigenvalue weighted by atomic mass is 16.5. The average Bonchev–Trinajstić information content (AvgIpc) is 3.21. The monoisotopic (exact) mass is 394 g/mol. The van der Waals surface area contributed by atoms with Gasteiger partial charge >= 0.3 is 0 Å². The third-order valence-corrected chi connectivity index (χ3v) is 5.40. The minimum atomic E-state index is -0.422. The maximum atomic E-state index is 9.86. The predicted molar refractivity (Wildman–Crippen MR) is 114 cm³/mol. The third-order valence-electron chi connectivity index (χ3n) is 5.40. The third kappa shape index (κ3) is 2.76. The highest BCUT2D eigenvalue weighted by Gasteiger charge is 2.35. The molecule has 2 heterocycles. The largest absolute Gasteiger partial charge is 0.497 e. The summed E-state index contributed by atoms with van der Waals surface area (Å²) in [6.45, 7) is 0. The van der Waals surface area contributed by atoms with Gasteiger partial charge in [0.2, 0.25) is 11.8 Å². The van der Waals surface area contributed by atoms with Gasteiger partial charge in [-0.15, -0.1) is 5.10 Å². The molecule has 0 radical (unpaired) electrons. The highest BCUT2D eigenvalue weighted by molar-refractivity contribution is 5.87. The molecular weight excluding hydrogens is 376 g/mol. The van der Waals surface area contributed by atoms with Crippen molar-refractivity contribution in [3.05, 3.63) is 89.3 Å². The van der Waals surface area contributed by atoms with Gasteiger partial charge < -0.3 is 15.2 Å². The van der Waals surface area contributed by atoms with Crippen molar-refractivity contribution in [3.63, 3.8) is 0 Å². The number of H-pyrrole nitrogens is 1. The van der Waals surface area contributed by atoms with Crippen molar-refractivity contribution in [3.8, 4) is 29.0 Å². The first-order valence-electron chi connectivity index (χ1n) is 9.48. The van der Waals surface area contributed by atoms with Gasteiger partial charge in [-0.1, -0.05) is 48.5 Å². The molecule has 146 valence electrons. The SMILES string of the molecule is COc1cccc([C@H]2C(C#N)=C(N)Oc3n[nH]c(-c4ccc5ccccc5c4)c32)c1. The van der Waals surface area contributed by atoms with Gasteiger partial charge in [0.1, 0.15) is 17.4 Å². The second-order valence-electron chi connectivity index (χ2n) is 7.08. The van der Waals surface area contributed by atoms with Gasteiger partial charge in [-0.3, -0.25) is 5.10 Å². The molecule has 1 aromatic heterocycles. The minimum absolute atomic E-state index is 0.0642. The summed E-state index contributed by atoms with van der Waals surface area (Å²) >= 11 is 0. The van der Waals surface area contributed by atoms with E-state index in [4.69, 9.17) is 15.2 Å². The fourth-order valence-electron chi connectivity index (χ4n) is 3.96. The molecule has 1 aliphatic heterocycles. The van der Waals surface area contributed by atoms with Crippen LogP contribution in [0.15, 0.2) is 78.2 Å². The number of benzene rings is 3. The molecule has 30 heavy (non-hydrogen) atoms. The first-order chi connectivity index (χ1) is 14.7. The Morgan fingerprint density at radius 1 is 1.07 bits per heavy atom. The zero-order valence-corrected chi connectivity index (χ0v) is 16.2. The molecule has 0 amide bonds. The molecule has 0 saturated carbocycles. The van der Waals surface area contributed by atoms with Crippen LogP contribution in [0.25, 0.3) is 22.0 Å². The zero-order valence-electron chi connectivity index (χ0n) is 16.2. The Morgan fingerprint density at radius 3 is 2.70 bits per heavy atom. The van der Waals surface area contributed by atoms with Crippen molar-refractivity contribution in [2.45, 2.75) is 5.92 Å². The number of aromatic nitrogens is 2. The van der Waals surface area contributed by atoms with Crippen LogP contribution in [0.2, 0.25) is 0 Å². The molecule has 0 unspecified atom stereocenters. The molecule has 0 spiro atoms. The van der Waals surface area contributed by atoms with E-state index in [1.165, 1.54) is 0 Å². The molecular formula is C24H18N4O2. The predicted octanol–water partition coefficient (Wildman–Crippen LogP) is 4.46. The number of nitrogens with two attached hydrogens (primary N) is 1. The maximum absolute atomic E-state index is 9.86. The maximum Gasteiger partial charge on any atom is 0.244 e. The van der Waals surface area contributed by atoms with Gasteiger partial charge in [-0.25, -0.2) is 0 Å². The van der Waals surface area contributed by atoms with E-state index < -0.39 is 5.92 Å². The Morgan fingerprint density at radius 2 is 1.90 bits per heavy atom. The van der Waals surface area contributed by atoms with E-state index in [1.54, 1.807) is 7.11 Å². The van der Waals surface area contributed by atoms with Gasteiger partial charge in [0.25, 0.3) is 0 Å². The summed E-state index contributed by atoms with van der Waals surface area (Å²) in [7, 11) is 1.61. The number of hydrogen-bond donors (Lipinski definition) is 2. The summed E-state index contributed by atoms with van der Waals surface area (Å²) in [4.78, 5) is 0. The summed E-state index contributed by atoms with van der Waals surface area (Å²) in [5, 5.41) is 19.6. The van der Waals surface area contributed by atoms with E-state index >= 15 is 0 Å². The highest BCUT2D eigenvalue weighted by Crippen LogP contribution is 2.46. The number of nitriles is 1. The lowest BCUT2D eigenvalue weighted by molar-refractivity contribution is 0.378. The Bertz CT molecular complexity index is 1350. The van der Waals surface area contributed by atoms with Crippen LogP contribution in [0, 0.1) is 11.3 Å². The summed E-state index contributed by atoms with van der Waals surface area (Å²) in [6.07, 6.45) is 0. The molecule has 0 aliphatic carbocycles. The van der Waals surface area contributed by atoms with E-state index in [2.05, 4.69) is 40.5 Å². The molecule has 3 aromatic carbocycles. The lowest BCUT2D eigenvalue weighted by atomic mass is 9.83. The summed E-state index contributed by atoms with van der Waals surface area (Å²) in [5.41, 5.74) is 9.83. The Balaban J connectivity index is 1.73. The number of aromatic amines is 1. The van der Waals surface area contributed by atoms with Crippen molar-refractivity contribution in [2.24, 2.45) is 5.73 Å². The Hall–Kier alpha value is -4.24. The molecule has 3 N–H and O–H groups in total. The molecule has 6 nitrogen and oxygen atoms in total. The van der Waals surface area contributed by atoms with Crippen molar-refractivity contribution < 1.29 is 9.47 Å². The molecule has 1 atom stereocenters. The smallest absolute Gasteiger partial charge is 0.244 e. The minimum Gasteiger partial charge on any atom is -0.497 e. The molecule has 5 rings (SSSR count). The molecule has 6 heteroatoms. The number of nitrogens with one attached hydrogen (secondary N) is 1. The first kappa shape index (κ1) is 17.8. The Kier molecular flexibility index (Phi) is 4.15. The lowest BCUT2D eigenvalue weighted by Gasteiger charge is -2.24. The lowest BCUT2D eigenvalue weighted by Crippen LogP contribution is -2.21. The van der Waals surface area contributed by atoms with Crippen molar-refractivity contribution in [1.82, 2.24) is 10.2 Å². The van der Waals surface area contributed by atoms with E-state index in [1.807, 2.05) is 42.5 Å². The van der Waals surface area contributed by atoms with Crippen LogP contribution in [-0.4, -0.2) is 17.3 Å². The normalized spacial score (nSPS) is 15.4. The standard InChI is InChI=1S/C24H18N4O2/c1-29-18-8-4-7-16(12-18)20-19(13-25)23(26)30-24-21(20)22(27-28-24)17-10-9-14-5-2-3-6-15(14)11-17/h2-12,20H,26H2,1H3,(H,27,28)/t20-/m0/s1. The van der Waals surface area contributed by atoms with Crippen LogP contribution >= 0.6 is 0 Å². The number of nitrogens with zero attached hydrogens (tertiary/aromatic N) is 2. The van der Waals surface area contributed by atoms with Gasteiger partial charge in [0, 0.05) is 5.56 Å². The van der Waals surface area contributed by atoms with Crippen LogP contribution in [0.3, 0.4) is 0 Å². The van der Waals surface area contributed by atoms with E-state index in [-0.39, 0.29) is 5.88 Å². The summed E-state index contributed by atoms with van der Waals surface area (Å²) < 4.78 is 11.1. The zero-order chi connectivity index (χ0) is 20.7. The van der Waals surface area contributed by atoms with Crippen molar-refractivity contribution >= 4 is 10.8 Å². The average molecular weight is 394 g/mol. The second kappa shape index (κ2) is 6.98. The quantitative estimate of drug-likeness (QED) is 0.535. The molecule has 0 bridgehead atoms. The van der Waals surface area contributed by atoms with Crippen LogP contribution in [-0.2, 0) is 0 Å². The fourth-order valence-corrected chi connectivity index (χ4v) is 3.96. The van der Waals surface area contributed by atoms with Gasteiger partial charge in [0.15, 0.2) is 0 Å². The number of ether oxygens (including phenoxy) is 2. The van der Waals surface area contributed by atoms with E-state index in [0.29, 0.717) is 17.2 Å². The summed E-state index contributed by atoms with van der Waals surface area (Å²) in [5.74, 6) is 0.720. The van der Waals surface area contributed by atoms with Crippen molar-refractivity contribution in [2.75, 3.05) is 7.11 Å². The van der Waals surface area contributed by atoms with Crippen LogP contribution in [0.1, 0.15) is 17.0 Å². The van der Waals surface area contributed by atoms with E-state index in [9.17, 15) is 5.26 Å². The van der Waals surface area contributed by atoms with Crippen molar-refractivity contribution in [1.29, 1.82) is 5.26 Å². The number of rotatable bonds is 3. The number of fused-ring (bicyclic) bond motifs is 2. The van der Waals surface area contributed by atoms with Crippen LogP contribution < -0.4 is 15.2 Å². The van der Waals surface area contributed by atoms with Gasteiger partial charge in [0.05, 0.1) is 24.3 Å². The molecule has 0 fully saturated rings. The topological polar surface area (TPSA) is 96.9 Å². The summed E-state index contributed by atoms with van der Waals surface area (Å²) in [6, 6.07) is 24.2. The van der Waals surface area contributed by atoms with Gasteiger partial charge in [-0.2, -0.15) is 5.26 Å². The van der Waals surface area contributed by atoms with Crippen LogP contribution in [0.5, 0.6) is 11.6 Å². The van der Waals surface area contributed by atoms with E-state index in [0.717, 1.165) is 33.2 Å². The second-order valence-corrected chi connectivity index (χ2v) is 7.08. The Labute approximate surface area is 173 Å². The molecule has 0 saturated heterocycles.